The summed E-state index contributed by atoms with van der Waals surface area (Å²) in [4.78, 5) is 11.8. The van der Waals surface area contributed by atoms with Gasteiger partial charge in [0.2, 0.25) is 5.91 Å². The van der Waals surface area contributed by atoms with Crippen LogP contribution < -0.4 is 5.32 Å². The molecule has 0 aromatic carbocycles. The fourth-order valence-electron chi connectivity index (χ4n) is 2.60. The van der Waals surface area contributed by atoms with E-state index >= 15 is 0 Å². The lowest BCUT2D eigenvalue weighted by molar-refractivity contribution is -0.129. The largest absolute Gasteiger partial charge is 0.394 e. The third kappa shape index (κ3) is 7.53. The van der Waals surface area contributed by atoms with Gasteiger partial charge in [-0.25, -0.2) is 0 Å². The maximum atomic E-state index is 11.8. The second kappa shape index (κ2) is 7.85. The molecule has 0 aromatic heterocycles. The lowest BCUT2D eigenvalue weighted by Gasteiger charge is -2.26. The first-order chi connectivity index (χ1) is 8.90. The first-order valence-electron chi connectivity index (χ1n) is 7.42. The first kappa shape index (κ1) is 16.4. The summed E-state index contributed by atoms with van der Waals surface area (Å²) in [6, 6.07) is -0.178. The normalized spacial score (nSPS) is 19.2. The van der Waals surface area contributed by atoms with Crippen LogP contribution in [0.5, 0.6) is 0 Å². The molecule has 1 unspecified atom stereocenters. The maximum Gasteiger partial charge on any atom is 0.246 e. The van der Waals surface area contributed by atoms with Crippen LogP contribution in [0.25, 0.3) is 0 Å². The highest BCUT2D eigenvalue weighted by molar-refractivity contribution is 5.77. The highest BCUT2D eigenvalue weighted by Gasteiger charge is 2.21. The average Bonchev–Trinajstić information content (AvgIpc) is 2.35. The summed E-state index contributed by atoms with van der Waals surface area (Å²) in [6.07, 6.45) is 6.83. The molecule has 0 radical (unpaired) electrons. The summed E-state index contributed by atoms with van der Waals surface area (Å²) in [5.41, 5.74) is 0.0882. The zero-order chi connectivity index (χ0) is 14.3. The van der Waals surface area contributed by atoms with Crippen molar-refractivity contribution in [2.75, 3.05) is 13.2 Å². The molecule has 0 heterocycles. The number of hydrogen-bond acceptors (Lipinski definition) is 3. The Labute approximate surface area is 116 Å². The van der Waals surface area contributed by atoms with E-state index in [0.29, 0.717) is 0 Å². The van der Waals surface area contributed by atoms with Gasteiger partial charge in [-0.3, -0.25) is 4.79 Å². The molecule has 4 heteroatoms. The Kier molecular flexibility index (Phi) is 6.80. The average molecular weight is 271 g/mol. The van der Waals surface area contributed by atoms with Gasteiger partial charge in [0.15, 0.2) is 0 Å². The third-order valence-electron chi connectivity index (χ3n) is 3.45. The van der Waals surface area contributed by atoms with Gasteiger partial charge in [-0.1, -0.05) is 40.0 Å². The Morgan fingerprint density at radius 2 is 1.95 bits per heavy atom. The van der Waals surface area contributed by atoms with Crippen molar-refractivity contribution in [3.63, 3.8) is 0 Å². The number of carbonyl (C=O) groups excluding carboxylic acids is 1. The van der Waals surface area contributed by atoms with E-state index in [0.717, 1.165) is 19.3 Å². The van der Waals surface area contributed by atoms with E-state index < -0.39 is 0 Å². The van der Waals surface area contributed by atoms with E-state index in [-0.39, 0.29) is 36.7 Å². The zero-order valence-corrected chi connectivity index (χ0v) is 12.6. The predicted molar refractivity (Wildman–Crippen MR) is 75.9 cm³/mol. The number of aliphatic hydroxyl groups is 1. The van der Waals surface area contributed by atoms with Crippen LogP contribution in [0.1, 0.15) is 59.3 Å². The lowest BCUT2D eigenvalue weighted by Crippen LogP contribution is -2.42. The molecule has 1 aliphatic rings. The Balaban J connectivity index is 2.24. The number of ether oxygens (including phenoxy) is 1. The van der Waals surface area contributed by atoms with Crippen LogP contribution in [0.4, 0.5) is 0 Å². The van der Waals surface area contributed by atoms with Crippen LogP contribution in [0, 0.1) is 5.41 Å². The van der Waals surface area contributed by atoms with Crippen LogP contribution in [0.2, 0.25) is 0 Å². The van der Waals surface area contributed by atoms with Crippen molar-refractivity contribution in [1.82, 2.24) is 5.32 Å². The van der Waals surface area contributed by atoms with Crippen molar-refractivity contribution in [2.45, 2.75) is 71.4 Å². The smallest absolute Gasteiger partial charge is 0.246 e. The zero-order valence-electron chi connectivity index (χ0n) is 12.6. The molecule has 4 nitrogen and oxygen atoms in total. The number of nitrogens with one attached hydrogen (secondary N) is 1. The van der Waals surface area contributed by atoms with E-state index in [4.69, 9.17) is 4.74 Å². The van der Waals surface area contributed by atoms with Crippen LogP contribution in [-0.2, 0) is 9.53 Å². The van der Waals surface area contributed by atoms with Crippen LogP contribution in [0.3, 0.4) is 0 Å². The molecule has 0 spiro atoms. The van der Waals surface area contributed by atoms with E-state index in [1.807, 2.05) is 0 Å². The topological polar surface area (TPSA) is 58.6 Å². The van der Waals surface area contributed by atoms with Crippen LogP contribution in [0.15, 0.2) is 0 Å². The van der Waals surface area contributed by atoms with Gasteiger partial charge < -0.3 is 15.2 Å². The minimum Gasteiger partial charge on any atom is -0.394 e. The molecule has 0 saturated heterocycles. The molecule has 1 aliphatic carbocycles. The Morgan fingerprint density at radius 3 is 2.47 bits per heavy atom. The highest BCUT2D eigenvalue weighted by atomic mass is 16.5. The number of hydrogen-bond donors (Lipinski definition) is 2. The molecule has 1 rings (SSSR count). The summed E-state index contributed by atoms with van der Waals surface area (Å²) in [5.74, 6) is -0.117. The quantitative estimate of drug-likeness (QED) is 0.779. The molecular formula is C15H29NO3. The summed E-state index contributed by atoms with van der Waals surface area (Å²) >= 11 is 0. The summed E-state index contributed by atoms with van der Waals surface area (Å²) in [7, 11) is 0. The summed E-state index contributed by atoms with van der Waals surface area (Å²) in [6.45, 7) is 6.39. The van der Waals surface area contributed by atoms with E-state index in [9.17, 15) is 9.90 Å². The van der Waals surface area contributed by atoms with Gasteiger partial charge in [-0.15, -0.1) is 0 Å². The summed E-state index contributed by atoms with van der Waals surface area (Å²) in [5, 5.41) is 12.1. The lowest BCUT2D eigenvalue weighted by atomic mass is 9.88. The van der Waals surface area contributed by atoms with Crippen molar-refractivity contribution in [3.8, 4) is 0 Å². The molecule has 1 fully saturated rings. The van der Waals surface area contributed by atoms with Crippen molar-refractivity contribution in [3.05, 3.63) is 0 Å². The molecule has 1 amide bonds. The molecule has 19 heavy (non-hydrogen) atoms. The van der Waals surface area contributed by atoms with E-state index in [1.165, 1.54) is 19.3 Å². The third-order valence-corrected chi connectivity index (χ3v) is 3.45. The van der Waals surface area contributed by atoms with Gasteiger partial charge in [-0.2, -0.15) is 0 Å². The number of carbonyl (C=O) groups is 1. The number of rotatable bonds is 6. The van der Waals surface area contributed by atoms with Gasteiger partial charge in [0, 0.05) is 0 Å². The molecule has 1 atom stereocenters. The Hall–Kier alpha value is -0.610. The minimum absolute atomic E-state index is 0.0214. The molecule has 1 saturated carbocycles. The van der Waals surface area contributed by atoms with Crippen LogP contribution >= 0.6 is 0 Å². The molecule has 112 valence electrons. The van der Waals surface area contributed by atoms with Gasteiger partial charge in [-0.05, 0) is 24.7 Å². The van der Waals surface area contributed by atoms with E-state index in [2.05, 4.69) is 26.1 Å². The molecule has 2 N–H and O–H groups in total. The fourth-order valence-corrected chi connectivity index (χ4v) is 2.60. The van der Waals surface area contributed by atoms with Crippen molar-refractivity contribution in [1.29, 1.82) is 0 Å². The maximum absolute atomic E-state index is 11.8. The van der Waals surface area contributed by atoms with Gasteiger partial charge >= 0.3 is 0 Å². The molecule has 0 bridgehead atoms. The fraction of sp³-hybridized carbons (Fsp3) is 0.933. The van der Waals surface area contributed by atoms with Crippen molar-refractivity contribution in [2.24, 2.45) is 5.41 Å². The minimum atomic E-state index is -0.178. The standard InChI is InChI=1S/C15H29NO3/c1-15(2,3)9-12(10-17)16-14(18)11-19-13-7-5-4-6-8-13/h12-13,17H,4-11H2,1-3H3,(H,16,18). The number of amides is 1. The first-order valence-corrected chi connectivity index (χ1v) is 7.42. The van der Waals surface area contributed by atoms with Gasteiger partial charge in [0.05, 0.1) is 18.8 Å². The molecular weight excluding hydrogens is 242 g/mol. The summed E-state index contributed by atoms with van der Waals surface area (Å²) < 4.78 is 5.63. The Bertz CT molecular complexity index is 267. The van der Waals surface area contributed by atoms with Crippen molar-refractivity contribution >= 4 is 5.91 Å². The highest BCUT2D eigenvalue weighted by Crippen LogP contribution is 2.21. The molecule has 0 aromatic rings. The predicted octanol–water partition coefficient (Wildman–Crippen LogP) is 2.25. The second-order valence-corrected chi connectivity index (χ2v) is 6.78. The monoisotopic (exact) mass is 271 g/mol. The second-order valence-electron chi connectivity index (χ2n) is 6.78. The van der Waals surface area contributed by atoms with Gasteiger partial charge in [0.25, 0.3) is 0 Å². The van der Waals surface area contributed by atoms with Crippen LogP contribution in [-0.4, -0.2) is 36.4 Å². The number of aliphatic hydroxyl groups excluding tert-OH is 1. The SMILES string of the molecule is CC(C)(C)CC(CO)NC(=O)COC1CCCCC1. The molecule has 0 aliphatic heterocycles. The van der Waals surface area contributed by atoms with Gasteiger partial charge in [0.1, 0.15) is 6.61 Å². The Morgan fingerprint density at radius 1 is 1.32 bits per heavy atom. The van der Waals surface area contributed by atoms with E-state index in [1.54, 1.807) is 0 Å². The van der Waals surface area contributed by atoms with Crippen molar-refractivity contribution < 1.29 is 14.6 Å².